The molecule has 1 aromatic rings. The number of aliphatic hydroxyl groups is 3. The van der Waals surface area contributed by atoms with Crippen molar-refractivity contribution < 1.29 is 44.0 Å². The molecule has 478 valence electrons. The van der Waals surface area contributed by atoms with Crippen LogP contribution in [0.5, 0.6) is 0 Å². The van der Waals surface area contributed by atoms with E-state index in [4.69, 9.17) is 9.47 Å². The van der Waals surface area contributed by atoms with Crippen molar-refractivity contribution >= 4 is 45.3 Å². The first-order valence-electron chi connectivity index (χ1n) is 34.9. The Bertz CT molecular complexity index is 3400. The summed E-state index contributed by atoms with van der Waals surface area (Å²) < 4.78 is 13.9. The lowest BCUT2D eigenvalue weighted by Gasteiger charge is -2.58. The number of carbonyl (C=O) groups excluding carboxylic acids is 4. The second-order valence-electron chi connectivity index (χ2n) is 30.0. The Balaban J connectivity index is 0.869. The average Bonchev–Trinajstić information content (AvgIpc) is 1.39. The van der Waals surface area contributed by atoms with Crippen molar-refractivity contribution in [2.75, 3.05) is 32.2 Å². The molecule has 15 nitrogen and oxygen atoms in total. The molecule has 6 heterocycles. The summed E-state index contributed by atoms with van der Waals surface area (Å²) in [7, 11) is 3.61. The van der Waals surface area contributed by atoms with Gasteiger partial charge in [0.15, 0.2) is 0 Å². The molecule has 1 spiro atoms. The number of imidazole rings is 1. The number of H-pyrrole nitrogens is 1. The van der Waals surface area contributed by atoms with Gasteiger partial charge in [-0.3, -0.25) is 19.8 Å². The zero-order valence-corrected chi connectivity index (χ0v) is 53.7. The van der Waals surface area contributed by atoms with Crippen molar-refractivity contribution in [1.29, 1.82) is 0 Å². The third-order valence-corrected chi connectivity index (χ3v) is 28.6. The van der Waals surface area contributed by atoms with Gasteiger partial charge in [0, 0.05) is 84.6 Å². The van der Waals surface area contributed by atoms with E-state index < -0.39 is 23.4 Å². The van der Waals surface area contributed by atoms with E-state index in [1.165, 1.54) is 35.5 Å². The van der Waals surface area contributed by atoms with Crippen LogP contribution < -0.4 is 16.0 Å². The van der Waals surface area contributed by atoms with E-state index in [0.717, 1.165) is 142 Å². The number of carbonyl (C=O) groups is 4. The molecule has 10 bridgehead atoms. The van der Waals surface area contributed by atoms with Crippen molar-refractivity contribution in [2.24, 2.45) is 106 Å². The average molecular weight is 1260 g/mol. The van der Waals surface area contributed by atoms with Gasteiger partial charge in [0.25, 0.3) is 11.8 Å². The van der Waals surface area contributed by atoms with Gasteiger partial charge in [0.05, 0.1) is 47.1 Å². The molecule has 16 aliphatic rings. The quantitative estimate of drug-likeness (QED) is 0.0361. The van der Waals surface area contributed by atoms with Crippen LogP contribution in [0.15, 0.2) is 106 Å². The van der Waals surface area contributed by atoms with Crippen LogP contribution in [0.1, 0.15) is 141 Å². The number of hydrogen-bond donors (Lipinski definition) is 7. The van der Waals surface area contributed by atoms with Crippen molar-refractivity contribution in [2.45, 2.75) is 159 Å². The number of amides is 2. The first-order valence-corrected chi connectivity index (χ1v) is 37.2. The Kier molecular flexibility index (Phi) is 16.0. The highest BCUT2D eigenvalue weighted by atomic mass is 33.1. The Morgan fingerprint density at radius 3 is 2.52 bits per heavy atom. The maximum absolute atomic E-state index is 16.0. The van der Waals surface area contributed by atoms with Crippen LogP contribution in [0, 0.1) is 117 Å². The first kappa shape index (κ1) is 59.9. The van der Waals surface area contributed by atoms with E-state index in [2.05, 4.69) is 75.1 Å². The van der Waals surface area contributed by atoms with E-state index >= 15 is 9.59 Å². The summed E-state index contributed by atoms with van der Waals surface area (Å²) in [6.07, 6.45) is 37.0. The fourth-order valence-electron chi connectivity index (χ4n) is 22.4. The Morgan fingerprint density at radius 2 is 1.71 bits per heavy atom. The van der Waals surface area contributed by atoms with Crippen LogP contribution in [0.4, 0.5) is 0 Å². The Morgan fingerprint density at radius 1 is 0.844 bits per heavy atom. The lowest BCUT2D eigenvalue weighted by molar-refractivity contribution is -0.138. The lowest BCUT2D eigenvalue weighted by Crippen LogP contribution is -2.57. The zero-order chi connectivity index (χ0) is 61.2. The van der Waals surface area contributed by atoms with Gasteiger partial charge in [-0.2, -0.15) is 0 Å². The summed E-state index contributed by atoms with van der Waals surface area (Å²) in [5, 5.41) is 46.2. The summed E-state index contributed by atoms with van der Waals surface area (Å²) in [5.41, 5.74) is 5.79. The van der Waals surface area contributed by atoms with Gasteiger partial charge in [-0.25, -0.2) is 14.6 Å². The third kappa shape index (κ3) is 9.91. The summed E-state index contributed by atoms with van der Waals surface area (Å²) in [6.45, 7) is 2.90. The van der Waals surface area contributed by atoms with Crippen LogP contribution >= 0.6 is 21.6 Å². The second kappa shape index (κ2) is 24.0. The highest BCUT2D eigenvalue weighted by Crippen LogP contribution is 2.73. The lowest BCUT2D eigenvalue weighted by atomic mass is 9.42. The summed E-state index contributed by atoms with van der Waals surface area (Å²) in [4.78, 5) is 68.3. The maximum Gasteiger partial charge on any atom is 0.340 e. The largest absolute Gasteiger partial charge is 0.427 e. The van der Waals surface area contributed by atoms with Gasteiger partial charge in [-0.1, -0.05) is 84.3 Å². The number of nitrogens with zero attached hydrogens (tertiary/aromatic N) is 2. The molecule has 5 saturated carbocycles. The minimum atomic E-state index is -1.03. The predicted molar refractivity (Wildman–Crippen MR) is 343 cm³/mol. The number of aliphatic hydroxyl groups excluding tert-OH is 3. The molecule has 20 atom stereocenters. The van der Waals surface area contributed by atoms with E-state index in [0.29, 0.717) is 60.8 Å². The van der Waals surface area contributed by atoms with Gasteiger partial charge in [0.1, 0.15) is 11.5 Å². The minimum absolute atomic E-state index is 0.0111. The van der Waals surface area contributed by atoms with E-state index in [1.54, 1.807) is 17.1 Å². The van der Waals surface area contributed by atoms with Gasteiger partial charge in [-0.05, 0) is 214 Å². The third-order valence-electron chi connectivity index (χ3n) is 26.1. The van der Waals surface area contributed by atoms with Crippen molar-refractivity contribution in [3.8, 4) is 11.8 Å². The molecule has 17 heteroatoms. The maximum atomic E-state index is 16.0. The molecule has 6 fully saturated rings. The van der Waals surface area contributed by atoms with Gasteiger partial charge < -0.3 is 40.4 Å². The highest BCUT2D eigenvalue weighted by molar-refractivity contribution is 8.76. The normalized spacial score (nSPS) is 41.4. The number of nitrogens with one attached hydrogen (secondary N) is 4. The molecular formula is C73H90N6O9S2. The number of ether oxygens (including phenoxy) is 2. The van der Waals surface area contributed by atoms with Crippen molar-refractivity contribution in [3.63, 3.8) is 0 Å². The van der Waals surface area contributed by atoms with Crippen LogP contribution in [0.2, 0.25) is 0 Å². The summed E-state index contributed by atoms with van der Waals surface area (Å²) in [5.74, 6) is 9.28. The zero-order valence-electron chi connectivity index (χ0n) is 52.1. The number of hydrogen-bond acceptors (Lipinski definition) is 15. The number of fused-ring (bicyclic) bond motifs is 5. The number of dihydropyridines is 1. The predicted octanol–water partition coefficient (Wildman–Crippen LogP) is 10.0. The van der Waals surface area contributed by atoms with E-state index in [-0.39, 0.29) is 125 Å². The molecule has 0 radical (unpaired) electrons. The SMILES string of the molecule is CCC1(C2=C3OC(=O)C4=C3C(CC2)CC2C3CCC5(C6=CCC(C7C8C=CC9C#CC(CO)CC(CO)CC(C8)CC97)C(NC7CCC8CCCC(Cc9cnc[nH]9)C8C7O)SSCNC7=CC(=CCN7)C(CN7C(=O)C=CC7=O)C3=C5C(=O)O6)C42)CCCC1. The van der Waals surface area contributed by atoms with Crippen LogP contribution in [-0.2, 0) is 35.1 Å². The Labute approximate surface area is 537 Å². The molecule has 7 N–H and O–H groups in total. The molecule has 90 heavy (non-hydrogen) atoms. The standard InChI is InChI=1S/C73H90N6O9S2/c1-2-72(22-3-4-23-72)54-15-12-47-31-52-49-20-24-73(65(52)64-62(47)68(54)88-70(64)85)56-17-14-50(61-46-11-10-42-9-8-39(35-80)26-41(36-81)27-40(28-46)29-51(42)61)69(78-55-16-13-43-6-5-7-45(60(43)67(55)84)30-48-33-74-37-76-48)90-89-38-77-57-32-44(21-25-75-57)53(63(49)66(73)71(86)87-56)34-79-58(82)18-19-59(79)83/h10-11,17-19,21,32-33,37,39-43,45-47,49-53,55,60-61,65,67,69,75,77-78,80-81,84H,2-7,12-16,20,22-31,34-36,38H2,1H3,(H,74,76). The molecular weight excluding hydrogens is 1170 g/mol. The van der Waals surface area contributed by atoms with Crippen LogP contribution in [0.3, 0.4) is 0 Å². The van der Waals surface area contributed by atoms with Crippen LogP contribution in [-0.4, -0.2) is 104 Å². The molecule has 5 aliphatic heterocycles. The topological polar surface area (TPSA) is 215 Å². The molecule has 0 aromatic carbocycles. The molecule has 1 saturated heterocycles. The summed E-state index contributed by atoms with van der Waals surface area (Å²) in [6, 6.07) is -0.175. The van der Waals surface area contributed by atoms with Gasteiger partial charge in [0.2, 0.25) is 0 Å². The Hall–Kier alpha value is -5.09. The molecule has 17 rings (SSSR count). The first-order chi connectivity index (χ1) is 43.9. The number of imide groups is 1. The van der Waals surface area contributed by atoms with Crippen molar-refractivity contribution in [3.05, 3.63) is 112 Å². The highest BCUT2D eigenvalue weighted by Gasteiger charge is 2.70. The number of esters is 2. The molecule has 20 unspecified atom stereocenters. The number of aromatic nitrogens is 2. The number of aromatic amines is 1. The van der Waals surface area contributed by atoms with Gasteiger partial charge in [-0.15, -0.1) is 0 Å². The molecule has 1 aromatic heterocycles. The van der Waals surface area contributed by atoms with E-state index in [9.17, 15) is 24.9 Å². The van der Waals surface area contributed by atoms with E-state index in [1.807, 2.05) is 17.0 Å². The molecule has 11 aliphatic carbocycles. The van der Waals surface area contributed by atoms with Crippen LogP contribution in [0.25, 0.3) is 0 Å². The fraction of sp³-hybridized carbons (Fsp3) is 0.658. The number of rotatable bonds is 11. The number of allylic oxidation sites excluding steroid dienone is 7. The van der Waals surface area contributed by atoms with Gasteiger partial charge >= 0.3 is 11.9 Å². The second-order valence-corrected chi connectivity index (χ2v) is 32.6. The smallest absolute Gasteiger partial charge is 0.340 e. The molecule has 2 amide bonds. The van der Waals surface area contributed by atoms with Crippen molar-refractivity contribution in [1.82, 2.24) is 30.8 Å². The summed E-state index contributed by atoms with van der Waals surface area (Å²) >= 11 is 0. The minimum Gasteiger partial charge on any atom is -0.427 e. The fourth-order valence-corrected chi connectivity index (χ4v) is 24.9. The monoisotopic (exact) mass is 1260 g/mol.